The van der Waals surface area contributed by atoms with E-state index in [-0.39, 0.29) is 34.9 Å². The molecule has 0 amide bonds. The van der Waals surface area contributed by atoms with Crippen LogP contribution in [0.2, 0.25) is 5.02 Å². The standard InChI is InChI=1S/C21H15ClN4O3/c1-28-17-7-3-6-14(19(17)29-11-12-4-2-5-13(22)8-12)18-15(9-23)20(25)26-21(27)16(18)10-24/h2-8H,11H2,1H3,(H3,25,26,27). The number of halogens is 1. The van der Waals surface area contributed by atoms with Crippen LogP contribution in [0.3, 0.4) is 0 Å². The number of hydrogen-bond acceptors (Lipinski definition) is 6. The number of aromatic amines is 1. The number of benzene rings is 2. The fourth-order valence-corrected chi connectivity index (χ4v) is 3.13. The fourth-order valence-electron chi connectivity index (χ4n) is 2.92. The number of rotatable bonds is 5. The Balaban J connectivity index is 2.21. The molecule has 3 rings (SSSR count). The quantitative estimate of drug-likeness (QED) is 0.666. The Labute approximate surface area is 171 Å². The molecule has 144 valence electrons. The highest BCUT2D eigenvalue weighted by Crippen LogP contribution is 2.41. The maximum absolute atomic E-state index is 12.3. The lowest BCUT2D eigenvalue weighted by Gasteiger charge is -2.17. The number of ether oxygens (including phenoxy) is 2. The third-order valence-corrected chi connectivity index (χ3v) is 4.44. The molecule has 0 fully saturated rings. The van der Waals surface area contributed by atoms with E-state index in [1.807, 2.05) is 18.2 Å². The SMILES string of the molecule is COc1cccc(-c2c(C#N)c(N)[nH]c(=O)c2C#N)c1OCc1cccc(Cl)c1. The van der Waals surface area contributed by atoms with Gasteiger partial charge in [-0.2, -0.15) is 10.5 Å². The summed E-state index contributed by atoms with van der Waals surface area (Å²) in [6, 6.07) is 15.9. The van der Waals surface area contributed by atoms with Gasteiger partial charge in [0.05, 0.1) is 7.11 Å². The van der Waals surface area contributed by atoms with Crippen LogP contribution in [0.15, 0.2) is 47.3 Å². The highest BCUT2D eigenvalue weighted by Gasteiger charge is 2.23. The highest BCUT2D eigenvalue weighted by atomic mass is 35.5. The molecule has 3 aromatic rings. The number of nitrogens with zero attached hydrogens (tertiary/aromatic N) is 2. The first-order chi connectivity index (χ1) is 14.0. The van der Waals surface area contributed by atoms with Crippen LogP contribution >= 0.6 is 11.6 Å². The summed E-state index contributed by atoms with van der Waals surface area (Å²) in [6.07, 6.45) is 0. The van der Waals surface area contributed by atoms with Gasteiger partial charge in [-0.1, -0.05) is 35.9 Å². The number of aromatic nitrogens is 1. The maximum Gasteiger partial charge on any atom is 0.268 e. The van der Waals surface area contributed by atoms with Crippen molar-refractivity contribution in [1.82, 2.24) is 4.98 Å². The molecule has 8 heteroatoms. The van der Waals surface area contributed by atoms with Crippen molar-refractivity contribution in [2.24, 2.45) is 0 Å². The number of H-pyrrole nitrogens is 1. The molecule has 0 aliphatic carbocycles. The van der Waals surface area contributed by atoms with Crippen molar-refractivity contribution in [3.63, 3.8) is 0 Å². The molecule has 0 saturated heterocycles. The van der Waals surface area contributed by atoms with Gasteiger partial charge >= 0.3 is 0 Å². The van der Waals surface area contributed by atoms with E-state index in [0.717, 1.165) is 5.56 Å². The lowest BCUT2D eigenvalue weighted by Crippen LogP contribution is -2.16. The van der Waals surface area contributed by atoms with Gasteiger partial charge in [0.25, 0.3) is 5.56 Å². The molecule has 1 heterocycles. The molecular weight excluding hydrogens is 392 g/mol. The molecule has 0 aliphatic heterocycles. The predicted octanol–water partition coefficient (Wildman–Crippen LogP) is 3.61. The van der Waals surface area contributed by atoms with Gasteiger partial charge in [-0.15, -0.1) is 0 Å². The summed E-state index contributed by atoms with van der Waals surface area (Å²) in [5.41, 5.74) is 6.11. The topological polar surface area (TPSA) is 125 Å². The molecule has 0 aliphatic rings. The van der Waals surface area contributed by atoms with E-state index in [2.05, 4.69) is 4.98 Å². The molecule has 3 N–H and O–H groups in total. The molecular formula is C21H15ClN4O3. The largest absolute Gasteiger partial charge is 0.493 e. The number of hydrogen-bond donors (Lipinski definition) is 2. The van der Waals surface area contributed by atoms with Gasteiger partial charge in [0.1, 0.15) is 35.7 Å². The zero-order chi connectivity index (χ0) is 21.0. The summed E-state index contributed by atoms with van der Waals surface area (Å²) in [5, 5.41) is 19.7. The Kier molecular flexibility index (Phi) is 5.73. The van der Waals surface area contributed by atoms with Crippen molar-refractivity contribution in [1.29, 1.82) is 10.5 Å². The van der Waals surface area contributed by atoms with Crippen molar-refractivity contribution >= 4 is 17.4 Å². The second-order valence-corrected chi connectivity index (χ2v) is 6.41. The zero-order valence-corrected chi connectivity index (χ0v) is 16.1. The minimum Gasteiger partial charge on any atom is -0.493 e. The van der Waals surface area contributed by atoms with E-state index < -0.39 is 5.56 Å². The summed E-state index contributed by atoms with van der Waals surface area (Å²) < 4.78 is 11.4. The van der Waals surface area contributed by atoms with Crippen molar-refractivity contribution in [3.8, 4) is 34.8 Å². The first kappa shape index (κ1) is 19.8. The van der Waals surface area contributed by atoms with Gasteiger partial charge in [-0.3, -0.25) is 4.79 Å². The fraction of sp³-hybridized carbons (Fsp3) is 0.0952. The van der Waals surface area contributed by atoms with Gasteiger partial charge in [-0.25, -0.2) is 0 Å². The Hall–Kier alpha value is -3.94. The zero-order valence-electron chi connectivity index (χ0n) is 15.3. The number of nitrogens with one attached hydrogen (secondary N) is 1. The van der Waals surface area contributed by atoms with E-state index in [1.54, 1.807) is 36.4 Å². The second kappa shape index (κ2) is 8.39. The predicted molar refractivity (Wildman–Crippen MR) is 109 cm³/mol. The summed E-state index contributed by atoms with van der Waals surface area (Å²) in [5.74, 6) is 0.513. The first-order valence-electron chi connectivity index (χ1n) is 8.40. The van der Waals surface area contributed by atoms with Gasteiger partial charge in [-0.05, 0) is 23.8 Å². The van der Waals surface area contributed by atoms with Gasteiger partial charge in [0, 0.05) is 16.1 Å². The first-order valence-corrected chi connectivity index (χ1v) is 8.78. The van der Waals surface area contributed by atoms with Gasteiger partial charge in [0.15, 0.2) is 11.5 Å². The number of nitrogens with two attached hydrogens (primary N) is 1. The van der Waals surface area contributed by atoms with Crippen LogP contribution in [0.25, 0.3) is 11.1 Å². The van der Waals surface area contributed by atoms with E-state index in [9.17, 15) is 15.3 Å². The van der Waals surface area contributed by atoms with E-state index >= 15 is 0 Å². The summed E-state index contributed by atoms with van der Waals surface area (Å²) in [4.78, 5) is 14.6. The number of para-hydroxylation sites is 1. The van der Waals surface area contributed by atoms with Crippen molar-refractivity contribution in [2.45, 2.75) is 6.61 Å². The van der Waals surface area contributed by atoms with Gasteiger partial charge < -0.3 is 20.2 Å². The van der Waals surface area contributed by atoms with Crippen LogP contribution in [0, 0.1) is 22.7 Å². The molecule has 2 aromatic carbocycles. The second-order valence-electron chi connectivity index (χ2n) is 5.97. The molecule has 0 radical (unpaired) electrons. The number of nitrogen functional groups attached to an aromatic ring is 1. The number of nitriles is 2. The Morgan fingerprint density at radius 3 is 2.52 bits per heavy atom. The molecule has 29 heavy (non-hydrogen) atoms. The third-order valence-electron chi connectivity index (χ3n) is 4.21. The average molecular weight is 407 g/mol. The Bertz CT molecular complexity index is 1220. The minimum absolute atomic E-state index is 0.0259. The van der Waals surface area contributed by atoms with Crippen LogP contribution < -0.4 is 20.8 Å². The highest BCUT2D eigenvalue weighted by molar-refractivity contribution is 6.30. The molecule has 7 nitrogen and oxygen atoms in total. The van der Waals surface area contributed by atoms with Crippen LogP contribution in [0.1, 0.15) is 16.7 Å². The molecule has 0 bridgehead atoms. The normalized spacial score (nSPS) is 10.1. The van der Waals surface area contributed by atoms with Crippen molar-refractivity contribution in [3.05, 3.63) is 74.5 Å². The Morgan fingerprint density at radius 1 is 1.14 bits per heavy atom. The maximum atomic E-state index is 12.3. The molecule has 0 unspecified atom stereocenters. The average Bonchev–Trinajstić information content (AvgIpc) is 2.71. The molecule has 1 aromatic heterocycles. The smallest absolute Gasteiger partial charge is 0.268 e. The van der Waals surface area contributed by atoms with E-state index in [4.69, 9.17) is 26.8 Å². The minimum atomic E-state index is -0.692. The van der Waals surface area contributed by atoms with Crippen LogP contribution in [0.5, 0.6) is 11.5 Å². The third kappa shape index (κ3) is 3.86. The number of pyridine rings is 1. The van der Waals surface area contributed by atoms with Crippen LogP contribution in [-0.4, -0.2) is 12.1 Å². The van der Waals surface area contributed by atoms with Crippen LogP contribution in [0.4, 0.5) is 5.82 Å². The van der Waals surface area contributed by atoms with E-state index in [0.29, 0.717) is 16.3 Å². The van der Waals surface area contributed by atoms with Crippen molar-refractivity contribution < 1.29 is 9.47 Å². The summed E-state index contributed by atoms with van der Waals surface area (Å²) in [7, 11) is 1.47. The molecule has 0 saturated carbocycles. The number of anilines is 1. The number of methoxy groups -OCH3 is 1. The van der Waals surface area contributed by atoms with Crippen LogP contribution in [-0.2, 0) is 6.61 Å². The molecule has 0 atom stereocenters. The Morgan fingerprint density at radius 2 is 1.86 bits per heavy atom. The monoisotopic (exact) mass is 406 g/mol. The van der Waals surface area contributed by atoms with Gasteiger partial charge in [0.2, 0.25) is 0 Å². The van der Waals surface area contributed by atoms with Crippen molar-refractivity contribution in [2.75, 3.05) is 12.8 Å². The summed E-state index contributed by atoms with van der Waals surface area (Å²) >= 11 is 6.02. The lowest BCUT2D eigenvalue weighted by molar-refractivity contribution is 0.286. The lowest BCUT2D eigenvalue weighted by atomic mass is 9.95. The van der Waals surface area contributed by atoms with E-state index in [1.165, 1.54) is 7.11 Å². The summed E-state index contributed by atoms with van der Waals surface area (Å²) in [6.45, 7) is 0.149. The molecule has 0 spiro atoms.